The minimum Gasteiger partial charge on any atom is -0.334 e. The Kier molecular flexibility index (Phi) is 4.19. The summed E-state index contributed by atoms with van der Waals surface area (Å²) >= 11 is 0. The van der Waals surface area contributed by atoms with Crippen LogP contribution in [-0.2, 0) is 6.18 Å². The van der Waals surface area contributed by atoms with Crippen molar-refractivity contribution in [1.82, 2.24) is 9.88 Å². The summed E-state index contributed by atoms with van der Waals surface area (Å²) in [4.78, 5) is 17.0. The number of halogens is 3. The standard InChI is InChI=1S/C12H16F3N3O/c1-11(2,7-16)18(3)10(19)9-5-4-8(6-17-9)12(13,14)15/h4-6H,7,16H2,1-3H3. The van der Waals surface area contributed by atoms with E-state index in [1.807, 2.05) is 0 Å². The van der Waals surface area contributed by atoms with Gasteiger partial charge in [0.1, 0.15) is 5.69 Å². The zero-order chi connectivity index (χ0) is 14.8. The summed E-state index contributed by atoms with van der Waals surface area (Å²) < 4.78 is 37.1. The van der Waals surface area contributed by atoms with E-state index in [9.17, 15) is 18.0 Å². The third-order valence-electron chi connectivity index (χ3n) is 3.02. The Morgan fingerprint density at radius 3 is 2.32 bits per heavy atom. The van der Waals surface area contributed by atoms with Gasteiger partial charge in [0.25, 0.3) is 5.91 Å². The molecule has 0 aliphatic rings. The van der Waals surface area contributed by atoms with E-state index in [0.29, 0.717) is 6.20 Å². The van der Waals surface area contributed by atoms with Crippen LogP contribution in [0.3, 0.4) is 0 Å². The normalized spacial score (nSPS) is 12.4. The summed E-state index contributed by atoms with van der Waals surface area (Å²) in [5.41, 5.74) is 4.02. The molecule has 0 fully saturated rings. The predicted octanol–water partition coefficient (Wildman–Crippen LogP) is 1.91. The van der Waals surface area contributed by atoms with Gasteiger partial charge in [0.15, 0.2) is 0 Å². The number of alkyl halides is 3. The summed E-state index contributed by atoms with van der Waals surface area (Å²) in [5, 5.41) is 0. The molecule has 1 amide bonds. The number of nitrogens with zero attached hydrogens (tertiary/aromatic N) is 2. The monoisotopic (exact) mass is 275 g/mol. The molecule has 0 atom stereocenters. The topological polar surface area (TPSA) is 59.2 Å². The highest BCUT2D eigenvalue weighted by atomic mass is 19.4. The first-order valence-electron chi connectivity index (χ1n) is 5.61. The third-order valence-corrected chi connectivity index (χ3v) is 3.02. The van der Waals surface area contributed by atoms with Crippen LogP contribution in [0.4, 0.5) is 13.2 Å². The second-order valence-corrected chi connectivity index (χ2v) is 4.81. The van der Waals surface area contributed by atoms with Crippen molar-refractivity contribution in [1.29, 1.82) is 0 Å². The maximum atomic E-state index is 12.4. The van der Waals surface area contributed by atoms with Gasteiger partial charge in [-0.25, -0.2) is 0 Å². The van der Waals surface area contributed by atoms with Crippen molar-refractivity contribution >= 4 is 5.91 Å². The van der Waals surface area contributed by atoms with E-state index in [1.165, 1.54) is 11.9 Å². The molecular formula is C12H16F3N3O. The Morgan fingerprint density at radius 2 is 1.95 bits per heavy atom. The van der Waals surface area contributed by atoms with Gasteiger partial charge in [-0.15, -0.1) is 0 Å². The van der Waals surface area contributed by atoms with Crippen LogP contribution in [0.5, 0.6) is 0 Å². The molecule has 1 heterocycles. The van der Waals surface area contributed by atoms with Crippen LogP contribution in [0.15, 0.2) is 18.3 Å². The van der Waals surface area contributed by atoms with Gasteiger partial charge in [-0.2, -0.15) is 13.2 Å². The Balaban J connectivity index is 2.96. The van der Waals surface area contributed by atoms with E-state index < -0.39 is 23.2 Å². The van der Waals surface area contributed by atoms with Crippen molar-refractivity contribution < 1.29 is 18.0 Å². The molecule has 1 aromatic rings. The van der Waals surface area contributed by atoms with E-state index >= 15 is 0 Å². The lowest BCUT2D eigenvalue weighted by Gasteiger charge is -2.34. The number of hydrogen-bond donors (Lipinski definition) is 1. The molecule has 0 spiro atoms. The molecule has 7 heteroatoms. The van der Waals surface area contributed by atoms with E-state index in [2.05, 4.69) is 4.98 Å². The molecular weight excluding hydrogens is 259 g/mol. The number of hydrogen-bond acceptors (Lipinski definition) is 3. The summed E-state index contributed by atoms with van der Waals surface area (Å²) in [6.45, 7) is 3.75. The highest BCUT2D eigenvalue weighted by Crippen LogP contribution is 2.28. The van der Waals surface area contributed by atoms with Crippen LogP contribution in [0.25, 0.3) is 0 Å². The minimum absolute atomic E-state index is 0.0444. The van der Waals surface area contributed by atoms with Crippen LogP contribution in [0.1, 0.15) is 29.9 Å². The quantitative estimate of drug-likeness (QED) is 0.916. The summed E-state index contributed by atoms with van der Waals surface area (Å²) in [6, 6.07) is 1.90. The van der Waals surface area contributed by atoms with Crippen LogP contribution >= 0.6 is 0 Å². The molecule has 0 aliphatic carbocycles. The second-order valence-electron chi connectivity index (χ2n) is 4.81. The maximum Gasteiger partial charge on any atom is 0.417 e. The molecule has 0 saturated heterocycles. The van der Waals surface area contributed by atoms with Gasteiger partial charge in [0.05, 0.1) is 5.56 Å². The van der Waals surface area contributed by atoms with Gasteiger partial charge in [-0.1, -0.05) is 0 Å². The molecule has 1 rings (SSSR count). The first kappa shape index (κ1) is 15.4. The average Bonchev–Trinajstić information content (AvgIpc) is 2.36. The number of aromatic nitrogens is 1. The number of carbonyl (C=O) groups is 1. The van der Waals surface area contributed by atoms with Crippen molar-refractivity contribution in [2.75, 3.05) is 13.6 Å². The summed E-state index contributed by atoms with van der Waals surface area (Å²) in [7, 11) is 1.54. The van der Waals surface area contributed by atoms with Crippen LogP contribution < -0.4 is 5.73 Å². The molecule has 1 aromatic heterocycles. The summed E-state index contributed by atoms with van der Waals surface area (Å²) in [5.74, 6) is -0.468. The largest absolute Gasteiger partial charge is 0.417 e. The number of pyridine rings is 1. The van der Waals surface area contributed by atoms with Crippen molar-refractivity contribution in [3.8, 4) is 0 Å². The number of amides is 1. The van der Waals surface area contributed by atoms with Gasteiger partial charge in [-0.3, -0.25) is 9.78 Å². The highest BCUT2D eigenvalue weighted by molar-refractivity contribution is 5.92. The SMILES string of the molecule is CN(C(=O)c1ccc(C(F)(F)F)cn1)C(C)(C)CN. The molecule has 0 unspecified atom stereocenters. The van der Waals surface area contributed by atoms with Crippen molar-refractivity contribution in [2.24, 2.45) is 5.73 Å². The third kappa shape index (κ3) is 3.44. The first-order valence-corrected chi connectivity index (χ1v) is 5.61. The Morgan fingerprint density at radius 1 is 1.37 bits per heavy atom. The van der Waals surface area contributed by atoms with E-state index in [0.717, 1.165) is 12.1 Å². The van der Waals surface area contributed by atoms with Gasteiger partial charge >= 0.3 is 6.18 Å². The fraction of sp³-hybridized carbons (Fsp3) is 0.500. The molecule has 4 nitrogen and oxygen atoms in total. The lowest BCUT2D eigenvalue weighted by Crippen LogP contribution is -2.50. The molecule has 0 aromatic carbocycles. The lowest BCUT2D eigenvalue weighted by atomic mass is 10.0. The molecule has 0 saturated carbocycles. The first-order chi connectivity index (χ1) is 8.59. The number of rotatable bonds is 3. The number of likely N-dealkylation sites (N-methyl/N-ethyl adjacent to an activating group) is 1. The van der Waals surface area contributed by atoms with E-state index in [-0.39, 0.29) is 12.2 Å². The molecule has 106 valence electrons. The Hall–Kier alpha value is -1.63. The smallest absolute Gasteiger partial charge is 0.334 e. The van der Waals surface area contributed by atoms with Crippen LogP contribution in [0.2, 0.25) is 0 Å². The molecule has 19 heavy (non-hydrogen) atoms. The second kappa shape index (κ2) is 5.16. The van der Waals surface area contributed by atoms with Crippen molar-refractivity contribution in [2.45, 2.75) is 25.6 Å². The van der Waals surface area contributed by atoms with E-state index in [4.69, 9.17) is 5.73 Å². The van der Waals surface area contributed by atoms with Crippen LogP contribution in [0, 0.1) is 0 Å². The highest BCUT2D eigenvalue weighted by Gasteiger charge is 2.32. The van der Waals surface area contributed by atoms with Gasteiger partial charge < -0.3 is 10.6 Å². The molecule has 0 aliphatic heterocycles. The summed E-state index contributed by atoms with van der Waals surface area (Å²) in [6.07, 6.45) is -3.81. The Labute approximate surface area is 109 Å². The predicted molar refractivity (Wildman–Crippen MR) is 64.5 cm³/mol. The van der Waals surface area contributed by atoms with Gasteiger partial charge in [0, 0.05) is 25.3 Å². The van der Waals surface area contributed by atoms with Crippen molar-refractivity contribution in [3.05, 3.63) is 29.6 Å². The number of carbonyl (C=O) groups excluding carboxylic acids is 1. The van der Waals surface area contributed by atoms with Crippen LogP contribution in [-0.4, -0.2) is 34.9 Å². The maximum absolute atomic E-state index is 12.4. The lowest BCUT2D eigenvalue weighted by molar-refractivity contribution is -0.137. The number of nitrogens with two attached hydrogens (primary N) is 1. The van der Waals surface area contributed by atoms with Gasteiger partial charge in [0.2, 0.25) is 0 Å². The molecule has 0 radical (unpaired) electrons. The fourth-order valence-corrected chi connectivity index (χ4v) is 1.27. The van der Waals surface area contributed by atoms with Gasteiger partial charge in [-0.05, 0) is 26.0 Å². The zero-order valence-electron chi connectivity index (χ0n) is 11.0. The average molecular weight is 275 g/mol. The van der Waals surface area contributed by atoms with E-state index in [1.54, 1.807) is 13.8 Å². The fourth-order valence-electron chi connectivity index (χ4n) is 1.27. The Bertz CT molecular complexity index is 454. The molecule has 0 bridgehead atoms. The zero-order valence-corrected chi connectivity index (χ0v) is 11.0. The van der Waals surface area contributed by atoms with Crippen molar-refractivity contribution in [3.63, 3.8) is 0 Å². The molecule has 2 N–H and O–H groups in total. The minimum atomic E-state index is -4.46.